The Balaban J connectivity index is 1.33. The number of hydrazine groups is 1. The topological polar surface area (TPSA) is 107 Å². The summed E-state index contributed by atoms with van der Waals surface area (Å²) in [5.41, 5.74) is 4.34. The molecule has 2 N–H and O–H groups in total. The summed E-state index contributed by atoms with van der Waals surface area (Å²) >= 11 is 16.3. The maximum absolute atomic E-state index is 15.2. The number of phenols is 1. The lowest BCUT2D eigenvalue weighted by molar-refractivity contribution is -0.138. The number of nitrogens with one attached hydrogen (secondary N) is 1. The largest absolute Gasteiger partial charge is 0.508 e. The molecule has 2 heterocycles. The van der Waals surface area contributed by atoms with Crippen LogP contribution in [0.2, 0.25) is 10.0 Å². The molecular weight excluding hydrogens is 760 g/mol. The first-order chi connectivity index (χ1) is 24.4. The Morgan fingerprint density at radius 1 is 0.882 bits per heavy atom. The van der Waals surface area contributed by atoms with E-state index in [2.05, 4.69) is 21.4 Å². The number of fused-ring (bicyclic) bond motifs is 4. The molecule has 258 valence electrons. The lowest BCUT2D eigenvalue weighted by Gasteiger charge is -2.50. The minimum Gasteiger partial charge on any atom is -0.508 e. The number of aryl methyl sites for hydroxylation is 1. The number of nitrogens with zero attached hydrogens (tertiary/aromatic N) is 2. The Kier molecular flexibility index (Phi) is 8.12. The smallest absolute Gasteiger partial charge is 0.260 e. The summed E-state index contributed by atoms with van der Waals surface area (Å²) in [4.78, 5) is 59.6. The highest BCUT2D eigenvalue weighted by molar-refractivity contribution is 9.10. The number of carbonyl (C=O) groups is 4. The normalized spacial score (nSPS) is 26.9. The molecule has 6 unspecified atom stereocenters. The van der Waals surface area contributed by atoms with Crippen molar-refractivity contribution in [3.05, 3.63) is 134 Å². The second-order valence-corrected chi connectivity index (χ2v) is 15.3. The maximum Gasteiger partial charge on any atom is 0.260 e. The van der Waals surface area contributed by atoms with Gasteiger partial charge in [-0.05, 0) is 104 Å². The monoisotopic (exact) mass is 787 g/mol. The number of halogens is 4. The molecule has 12 heteroatoms. The fourth-order valence-corrected chi connectivity index (χ4v) is 9.41. The molecule has 0 spiro atoms. The zero-order chi connectivity index (χ0) is 35.9. The van der Waals surface area contributed by atoms with Crippen molar-refractivity contribution in [2.45, 2.75) is 31.1 Å². The van der Waals surface area contributed by atoms with E-state index in [4.69, 9.17) is 23.2 Å². The number of benzene rings is 4. The van der Waals surface area contributed by atoms with Gasteiger partial charge in [0.05, 0.1) is 34.5 Å². The van der Waals surface area contributed by atoms with E-state index in [-0.39, 0.29) is 24.5 Å². The minimum atomic E-state index is -1.61. The molecule has 4 aliphatic rings. The summed E-state index contributed by atoms with van der Waals surface area (Å²) in [7, 11) is 0. The number of hydrogen-bond acceptors (Lipinski definition) is 6. The van der Waals surface area contributed by atoms with E-state index in [1.54, 1.807) is 54.6 Å². The summed E-state index contributed by atoms with van der Waals surface area (Å²) in [5.74, 6) is -6.65. The Hall–Kier alpha value is -4.51. The first-order valence-electron chi connectivity index (χ1n) is 16.4. The van der Waals surface area contributed by atoms with E-state index < -0.39 is 58.5 Å². The van der Waals surface area contributed by atoms with Crippen LogP contribution in [0.15, 0.2) is 101 Å². The van der Waals surface area contributed by atoms with Gasteiger partial charge in [-0.3, -0.25) is 24.6 Å². The van der Waals surface area contributed by atoms with Crippen LogP contribution in [0.1, 0.15) is 35.4 Å². The number of carbonyl (C=O) groups excluding carboxylic acids is 4. The second-order valence-electron chi connectivity index (χ2n) is 13.5. The van der Waals surface area contributed by atoms with Gasteiger partial charge < -0.3 is 5.11 Å². The second kappa shape index (κ2) is 12.3. The number of amides is 4. The van der Waals surface area contributed by atoms with E-state index in [1.807, 2.05) is 13.0 Å². The van der Waals surface area contributed by atoms with Crippen LogP contribution in [0.3, 0.4) is 0 Å². The lowest BCUT2D eigenvalue weighted by atomic mass is 9.49. The molecule has 0 bridgehead atoms. The number of allylic oxidation sites excluding steroid dienone is 2. The molecular formula is C39H29BrCl2FN3O5. The molecule has 4 amide bonds. The molecule has 2 aliphatic heterocycles. The molecule has 0 aromatic heterocycles. The van der Waals surface area contributed by atoms with Gasteiger partial charge >= 0.3 is 0 Å². The molecule has 1 saturated carbocycles. The van der Waals surface area contributed by atoms with Gasteiger partial charge in [0.2, 0.25) is 11.8 Å². The third-order valence-electron chi connectivity index (χ3n) is 11.0. The van der Waals surface area contributed by atoms with Gasteiger partial charge in [-0.15, -0.1) is 0 Å². The zero-order valence-corrected chi connectivity index (χ0v) is 30.0. The van der Waals surface area contributed by atoms with E-state index in [1.165, 1.54) is 35.2 Å². The molecule has 51 heavy (non-hydrogen) atoms. The summed E-state index contributed by atoms with van der Waals surface area (Å²) < 4.78 is 14.5. The average Bonchev–Trinajstić information content (AvgIpc) is 3.49. The average molecular weight is 789 g/mol. The van der Waals surface area contributed by atoms with Gasteiger partial charge in [-0.25, -0.2) is 9.29 Å². The summed E-state index contributed by atoms with van der Waals surface area (Å²) in [6.07, 6.45) is 2.19. The summed E-state index contributed by atoms with van der Waals surface area (Å²) in [6, 6.07) is 22.0. The van der Waals surface area contributed by atoms with Crippen molar-refractivity contribution >= 4 is 74.1 Å². The molecule has 4 aromatic rings. The Morgan fingerprint density at radius 2 is 1.61 bits per heavy atom. The number of imide groups is 2. The molecule has 3 fully saturated rings. The van der Waals surface area contributed by atoms with Crippen LogP contribution in [0.4, 0.5) is 15.8 Å². The molecule has 8 rings (SSSR count). The van der Waals surface area contributed by atoms with Crippen LogP contribution >= 0.6 is 39.1 Å². The van der Waals surface area contributed by atoms with Crippen molar-refractivity contribution in [1.29, 1.82) is 0 Å². The van der Waals surface area contributed by atoms with Crippen molar-refractivity contribution in [3.63, 3.8) is 0 Å². The Bertz CT molecular complexity index is 2200. The van der Waals surface area contributed by atoms with Gasteiger partial charge in [0, 0.05) is 26.0 Å². The van der Waals surface area contributed by atoms with Crippen molar-refractivity contribution < 1.29 is 28.7 Å². The number of phenolic OH excluding ortho intramolecular Hbond substituents is 1. The van der Waals surface area contributed by atoms with Crippen LogP contribution in [-0.2, 0) is 24.6 Å². The van der Waals surface area contributed by atoms with Crippen molar-refractivity contribution in [1.82, 2.24) is 5.01 Å². The molecule has 2 saturated heterocycles. The van der Waals surface area contributed by atoms with Crippen LogP contribution in [0.5, 0.6) is 5.75 Å². The number of rotatable bonds is 5. The van der Waals surface area contributed by atoms with Crippen LogP contribution in [-0.4, -0.2) is 33.7 Å². The van der Waals surface area contributed by atoms with Crippen molar-refractivity contribution in [2.75, 3.05) is 10.3 Å². The van der Waals surface area contributed by atoms with E-state index in [9.17, 15) is 23.9 Å². The predicted octanol–water partition coefficient (Wildman–Crippen LogP) is 8.10. The van der Waals surface area contributed by atoms with E-state index in [0.717, 1.165) is 10.6 Å². The van der Waals surface area contributed by atoms with Gasteiger partial charge in [-0.1, -0.05) is 69.0 Å². The first kappa shape index (κ1) is 33.6. The van der Waals surface area contributed by atoms with Crippen LogP contribution < -0.4 is 10.3 Å². The standard InChI is InChI=1S/C39H29BrCl2FN3O5/c1-19-2-12-25(17-31(19)42)45-35(48)27-14-13-26-28(33(27)37(45)50)18-30-36(49)46(44-24-10-8-23(43)9-11-24)38(51)39(30,20-3-6-22(41)7-4-20)34(26)29-16-21(40)5-15-32(29)47/h2-13,15-17,27-28,30,33-34,44,47H,14,18H2,1H3. The highest BCUT2D eigenvalue weighted by Crippen LogP contribution is 2.65. The quantitative estimate of drug-likeness (QED) is 0.157. The fourth-order valence-electron chi connectivity index (χ4n) is 8.73. The highest BCUT2D eigenvalue weighted by Gasteiger charge is 2.70. The van der Waals surface area contributed by atoms with E-state index >= 15 is 4.79 Å². The SMILES string of the molecule is Cc1ccc(N2C(=O)C3CC=C4C(CC5C(=O)N(Nc6ccc(F)cc6)C(=O)C5(c5ccc(Cl)cc5)C4c4cc(Br)ccc4O)C3C2=O)cc1Cl. The number of aromatic hydroxyl groups is 1. The highest BCUT2D eigenvalue weighted by atomic mass is 79.9. The number of anilines is 2. The predicted molar refractivity (Wildman–Crippen MR) is 194 cm³/mol. The van der Waals surface area contributed by atoms with Gasteiger partial charge in [-0.2, -0.15) is 5.01 Å². The lowest BCUT2D eigenvalue weighted by Crippen LogP contribution is -2.53. The molecule has 0 radical (unpaired) electrons. The van der Waals surface area contributed by atoms with Gasteiger partial charge in [0.25, 0.3) is 11.8 Å². The van der Waals surface area contributed by atoms with Gasteiger partial charge in [0.1, 0.15) is 11.6 Å². The third-order valence-corrected chi connectivity index (χ3v) is 12.1. The summed E-state index contributed by atoms with van der Waals surface area (Å²) in [6.45, 7) is 1.83. The molecule has 4 aromatic carbocycles. The van der Waals surface area contributed by atoms with Crippen LogP contribution in [0.25, 0.3) is 0 Å². The van der Waals surface area contributed by atoms with Crippen LogP contribution in [0, 0.1) is 36.4 Å². The Morgan fingerprint density at radius 3 is 2.31 bits per heavy atom. The first-order valence-corrected chi connectivity index (χ1v) is 18.0. The zero-order valence-electron chi connectivity index (χ0n) is 26.9. The van der Waals surface area contributed by atoms with Gasteiger partial charge in [0.15, 0.2) is 0 Å². The molecule has 6 atom stereocenters. The number of hydrogen-bond donors (Lipinski definition) is 2. The fraction of sp³-hybridized carbons (Fsp3) is 0.231. The Labute approximate surface area is 310 Å². The third kappa shape index (κ3) is 5.05. The molecule has 8 nitrogen and oxygen atoms in total. The maximum atomic E-state index is 15.2. The summed E-state index contributed by atoms with van der Waals surface area (Å²) in [5, 5.41) is 13.3. The van der Waals surface area contributed by atoms with Crippen molar-refractivity contribution in [2.24, 2.45) is 23.7 Å². The minimum absolute atomic E-state index is 0.0641. The van der Waals surface area contributed by atoms with E-state index in [0.29, 0.717) is 42.6 Å². The van der Waals surface area contributed by atoms with Crippen molar-refractivity contribution in [3.8, 4) is 5.75 Å². The molecule has 2 aliphatic carbocycles.